The minimum atomic E-state index is -0.781. The van der Waals surface area contributed by atoms with Crippen LogP contribution in [-0.2, 0) is 0 Å². The molecule has 0 aliphatic heterocycles. The fourth-order valence-electron chi connectivity index (χ4n) is 1.83. The van der Waals surface area contributed by atoms with Gasteiger partial charge in [-0.1, -0.05) is 0 Å². The van der Waals surface area contributed by atoms with Crippen LogP contribution in [0, 0.1) is 6.92 Å². The van der Waals surface area contributed by atoms with Crippen LogP contribution < -0.4 is 11.1 Å². The van der Waals surface area contributed by atoms with Gasteiger partial charge in [-0.05, 0) is 26.2 Å². The van der Waals surface area contributed by atoms with Crippen LogP contribution in [0.1, 0.15) is 11.8 Å². The lowest BCUT2D eigenvalue weighted by Crippen LogP contribution is -2.36. The van der Waals surface area contributed by atoms with E-state index in [0.717, 1.165) is 15.1 Å². The molecule has 0 aliphatic rings. The number of nitrogens with zero attached hydrogens (tertiary/aromatic N) is 2. The summed E-state index contributed by atoms with van der Waals surface area (Å²) in [6.45, 7) is 4.25. The first-order valence-electron chi connectivity index (χ1n) is 5.90. The van der Waals surface area contributed by atoms with Crippen LogP contribution >= 0.6 is 23.1 Å². The van der Waals surface area contributed by atoms with Crippen LogP contribution in [-0.4, -0.2) is 39.2 Å². The largest absolute Gasteiger partial charge is 0.387 e. The van der Waals surface area contributed by atoms with Crippen molar-refractivity contribution in [2.75, 3.05) is 29.6 Å². The summed E-state index contributed by atoms with van der Waals surface area (Å²) in [7, 11) is 0. The molecule has 2 aromatic rings. The first-order valence-corrected chi connectivity index (χ1v) is 8.11. The molecule has 0 aliphatic carbocycles. The van der Waals surface area contributed by atoms with Gasteiger partial charge in [-0.15, -0.1) is 11.3 Å². The summed E-state index contributed by atoms with van der Waals surface area (Å²) in [5.74, 6) is 1.60. The zero-order chi connectivity index (χ0) is 14.0. The molecular formula is C12H18N4OS2. The average molecular weight is 298 g/mol. The maximum Gasteiger partial charge on any atom is 0.223 e. The molecule has 0 bridgehead atoms. The summed E-state index contributed by atoms with van der Waals surface area (Å²) < 4.78 is 0. The molecule has 0 saturated heterocycles. The summed E-state index contributed by atoms with van der Waals surface area (Å²) >= 11 is 3.20. The Labute approximate surface area is 120 Å². The molecule has 2 rings (SSSR count). The van der Waals surface area contributed by atoms with E-state index >= 15 is 0 Å². The van der Waals surface area contributed by atoms with Gasteiger partial charge in [0.1, 0.15) is 10.6 Å². The molecule has 4 N–H and O–H groups in total. The van der Waals surface area contributed by atoms with Crippen LogP contribution in [0.15, 0.2) is 6.07 Å². The zero-order valence-corrected chi connectivity index (χ0v) is 12.9. The first-order chi connectivity index (χ1) is 8.91. The van der Waals surface area contributed by atoms with Crippen molar-refractivity contribution in [3.63, 3.8) is 0 Å². The van der Waals surface area contributed by atoms with E-state index in [2.05, 4.69) is 15.3 Å². The third-order valence-electron chi connectivity index (χ3n) is 2.63. The predicted molar refractivity (Wildman–Crippen MR) is 84.1 cm³/mol. The van der Waals surface area contributed by atoms with Gasteiger partial charge in [0.25, 0.3) is 0 Å². The number of aryl methyl sites for hydroxylation is 1. The summed E-state index contributed by atoms with van der Waals surface area (Å²) in [6.07, 6.45) is 1.97. The van der Waals surface area contributed by atoms with Gasteiger partial charge in [-0.2, -0.15) is 16.7 Å². The molecule has 0 radical (unpaired) electrons. The number of fused-ring (bicyclic) bond motifs is 1. The molecule has 0 fully saturated rings. The molecular weight excluding hydrogens is 280 g/mol. The first kappa shape index (κ1) is 14.4. The van der Waals surface area contributed by atoms with Gasteiger partial charge >= 0.3 is 0 Å². The van der Waals surface area contributed by atoms with Gasteiger partial charge in [0.2, 0.25) is 5.95 Å². The molecule has 19 heavy (non-hydrogen) atoms. The number of thioether (sulfide) groups is 1. The minimum Gasteiger partial charge on any atom is -0.387 e. The number of aromatic nitrogens is 2. The second-order valence-corrected chi connectivity index (χ2v) is 6.89. The summed E-state index contributed by atoms with van der Waals surface area (Å²) in [4.78, 5) is 10.5. The van der Waals surface area contributed by atoms with E-state index in [0.29, 0.717) is 18.1 Å². The molecule has 7 heteroatoms. The third kappa shape index (κ3) is 3.49. The number of thiophene rings is 1. The van der Waals surface area contributed by atoms with Gasteiger partial charge in [0.15, 0.2) is 0 Å². The van der Waals surface area contributed by atoms with Crippen LogP contribution in [0.2, 0.25) is 0 Å². The minimum absolute atomic E-state index is 0.251. The average Bonchev–Trinajstić information content (AvgIpc) is 2.66. The highest BCUT2D eigenvalue weighted by Crippen LogP contribution is 2.29. The lowest BCUT2D eigenvalue weighted by molar-refractivity contribution is 0.0996. The van der Waals surface area contributed by atoms with Crippen molar-refractivity contribution in [3.8, 4) is 0 Å². The summed E-state index contributed by atoms with van der Waals surface area (Å²) in [5.41, 5.74) is 4.93. The lowest BCUT2D eigenvalue weighted by atomic mass is 10.1. The number of nitrogens with one attached hydrogen (secondary N) is 1. The van der Waals surface area contributed by atoms with E-state index < -0.39 is 5.60 Å². The monoisotopic (exact) mass is 298 g/mol. The Morgan fingerprint density at radius 1 is 1.53 bits per heavy atom. The van der Waals surface area contributed by atoms with E-state index in [1.165, 1.54) is 0 Å². The highest BCUT2D eigenvalue weighted by atomic mass is 32.2. The normalized spacial score (nSPS) is 14.5. The molecule has 104 valence electrons. The number of anilines is 2. The van der Waals surface area contributed by atoms with Gasteiger partial charge in [-0.25, -0.2) is 4.98 Å². The maximum absolute atomic E-state index is 10.2. The molecule has 5 nitrogen and oxygen atoms in total. The van der Waals surface area contributed by atoms with Gasteiger partial charge in [0.05, 0.1) is 11.0 Å². The summed E-state index contributed by atoms with van der Waals surface area (Å²) in [5, 5.41) is 14.3. The highest BCUT2D eigenvalue weighted by molar-refractivity contribution is 7.98. The fraction of sp³-hybridized carbons (Fsp3) is 0.500. The van der Waals surface area contributed by atoms with E-state index in [1.807, 2.05) is 19.2 Å². The summed E-state index contributed by atoms with van der Waals surface area (Å²) in [6, 6.07) is 2.03. The van der Waals surface area contributed by atoms with Gasteiger partial charge in [-0.3, -0.25) is 0 Å². The van der Waals surface area contributed by atoms with Crippen molar-refractivity contribution in [2.45, 2.75) is 19.4 Å². The number of nitrogens with two attached hydrogens (primary N) is 1. The van der Waals surface area contributed by atoms with Crippen LogP contribution in [0.4, 0.5) is 11.8 Å². The van der Waals surface area contributed by atoms with E-state index in [1.54, 1.807) is 30.0 Å². The molecule has 2 aromatic heterocycles. The number of hydrogen-bond acceptors (Lipinski definition) is 7. The highest BCUT2D eigenvalue weighted by Gasteiger charge is 2.20. The van der Waals surface area contributed by atoms with Crippen molar-refractivity contribution >= 4 is 45.1 Å². The number of rotatable bonds is 5. The zero-order valence-electron chi connectivity index (χ0n) is 11.2. The van der Waals surface area contributed by atoms with Crippen molar-refractivity contribution < 1.29 is 5.11 Å². The fourth-order valence-corrected chi connectivity index (χ4v) is 3.44. The second-order valence-electron chi connectivity index (χ2n) is 4.79. The Morgan fingerprint density at radius 3 is 2.95 bits per heavy atom. The Bertz CT molecular complexity index is 582. The predicted octanol–water partition coefficient (Wildman–Crippen LogP) is 2.11. The van der Waals surface area contributed by atoms with Crippen molar-refractivity contribution in [2.24, 2.45) is 0 Å². The Hall–Kier alpha value is -1.05. The quantitative estimate of drug-likeness (QED) is 0.784. The van der Waals surface area contributed by atoms with Gasteiger partial charge in [0, 0.05) is 17.2 Å². The van der Waals surface area contributed by atoms with Crippen molar-refractivity contribution in [1.82, 2.24) is 9.97 Å². The van der Waals surface area contributed by atoms with Crippen LogP contribution in [0.5, 0.6) is 0 Å². The molecule has 0 amide bonds. The molecule has 0 saturated carbocycles. The standard InChI is InChI=1S/C12H18N4OS2/c1-7-4-8-9(14-5-12(2,17)6-18-3)15-11(13)16-10(8)19-7/h4,17H,5-6H2,1-3H3,(H3,13,14,15,16). The van der Waals surface area contributed by atoms with E-state index in [-0.39, 0.29) is 5.95 Å². The topological polar surface area (TPSA) is 84.1 Å². The Morgan fingerprint density at radius 2 is 2.26 bits per heavy atom. The maximum atomic E-state index is 10.2. The second kappa shape index (κ2) is 5.52. The number of aliphatic hydroxyl groups is 1. The number of nitrogen functional groups attached to an aromatic ring is 1. The molecule has 2 heterocycles. The van der Waals surface area contributed by atoms with Crippen LogP contribution in [0.25, 0.3) is 10.2 Å². The molecule has 1 unspecified atom stereocenters. The lowest BCUT2D eigenvalue weighted by Gasteiger charge is -2.23. The number of hydrogen-bond donors (Lipinski definition) is 3. The molecule has 0 aromatic carbocycles. The van der Waals surface area contributed by atoms with E-state index in [4.69, 9.17) is 5.73 Å². The Balaban J connectivity index is 2.25. The smallest absolute Gasteiger partial charge is 0.223 e. The van der Waals surface area contributed by atoms with Crippen molar-refractivity contribution in [3.05, 3.63) is 10.9 Å². The van der Waals surface area contributed by atoms with Gasteiger partial charge < -0.3 is 16.2 Å². The molecule has 1 atom stereocenters. The van der Waals surface area contributed by atoms with Crippen molar-refractivity contribution in [1.29, 1.82) is 0 Å². The molecule has 0 spiro atoms. The van der Waals surface area contributed by atoms with Crippen LogP contribution in [0.3, 0.4) is 0 Å². The van der Waals surface area contributed by atoms with E-state index in [9.17, 15) is 5.11 Å². The third-order valence-corrected chi connectivity index (χ3v) is 4.48. The SMILES string of the molecule is CSCC(C)(O)CNc1nc(N)nc2sc(C)cc12. The Kier molecular flexibility index (Phi) is 4.17.